The van der Waals surface area contributed by atoms with Crippen molar-refractivity contribution in [3.63, 3.8) is 0 Å². The quantitative estimate of drug-likeness (QED) is 0.806. The smallest absolute Gasteiger partial charge is 0.330 e. The molecule has 0 saturated heterocycles. The Morgan fingerprint density at radius 1 is 1.25 bits per heavy atom. The molecule has 0 amide bonds. The van der Waals surface area contributed by atoms with Gasteiger partial charge in [0.25, 0.3) is 5.56 Å². The second-order valence-corrected chi connectivity index (χ2v) is 5.76. The predicted octanol–water partition coefficient (Wildman–Crippen LogP) is -0.131. The highest BCUT2D eigenvalue weighted by Crippen LogP contribution is 2.27. The van der Waals surface area contributed by atoms with Gasteiger partial charge in [0.2, 0.25) is 0 Å². The lowest BCUT2D eigenvalue weighted by Gasteiger charge is -2.36. The molecule has 112 valence electrons. The van der Waals surface area contributed by atoms with Gasteiger partial charge in [-0.15, -0.1) is 0 Å². The third-order valence-corrected chi connectivity index (χ3v) is 4.28. The summed E-state index contributed by atoms with van der Waals surface area (Å²) in [5, 5.41) is 13.0. The molecule has 0 bridgehead atoms. The number of hydrogen-bond donors (Lipinski definition) is 2. The highest BCUT2D eigenvalue weighted by Gasteiger charge is 2.30. The normalized spacial score (nSPS) is 18.1. The Hall–Kier alpha value is -1.40. The molecule has 1 aromatic rings. The number of nitrogens with zero attached hydrogens (tertiary/aromatic N) is 2. The molecular formula is C14H23N3O3. The SMILES string of the molecule is Cn1cc(CNC2(CO)CCCCC2)c(=O)n(C)c1=O. The first-order valence-electron chi connectivity index (χ1n) is 7.10. The van der Waals surface area contributed by atoms with Gasteiger partial charge in [-0.2, -0.15) is 0 Å². The Morgan fingerprint density at radius 3 is 2.50 bits per heavy atom. The Kier molecular flexibility index (Phi) is 4.45. The van der Waals surface area contributed by atoms with Crippen molar-refractivity contribution in [1.29, 1.82) is 0 Å². The first-order valence-corrected chi connectivity index (χ1v) is 7.10. The molecule has 2 rings (SSSR count). The number of aryl methyl sites for hydroxylation is 1. The molecule has 6 heteroatoms. The fourth-order valence-corrected chi connectivity index (χ4v) is 2.91. The Bertz CT molecular complexity index is 582. The molecule has 0 atom stereocenters. The third kappa shape index (κ3) is 2.86. The summed E-state index contributed by atoms with van der Waals surface area (Å²) in [6.45, 7) is 0.459. The lowest BCUT2D eigenvalue weighted by Crippen LogP contribution is -2.50. The molecule has 0 spiro atoms. The van der Waals surface area contributed by atoms with Crippen molar-refractivity contribution in [2.75, 3.05) is 6.61 Å². The molecule has 0 aromatic carbocycles. The van der Waals surface area contributed by atoms with Gasteiger partial charge in [0.1, 0.15) is 0 Å². The Balaban J connectivity index is 2.18. The van der Waals surface area contributed by atoms with Crippen LogP contribution >= 0.6 is 0 Å². The molecule has 1 aromatic heterocycles. The van der Waals surface area contributed by atoms with Crippen LogP contribution in [0.15, 0.2) is 15.8 Å². The van der Waals surface area contributed by atoms with E-state index in [4.69, 9.17) is 0 Å². The zero-order valence-electron chi connectivity index (χ0n) is 12.2. The average Bonchev–Trinajstić information content (AvgIpc) is 2.48. The van der Waals surface area contributed by atoms with Crippen LogP contribution in [-0.4, -0.2) is 26.4 Å². The topological polar surface area (TPSA) is 76.3 Å². The maximum atomic E-state index is 12.1. The summed E-state index contributed by atoms with van der Waals surface area (Å²) in [6.07, 6.45) is 6.82. The van der Waals surface area contributed by atoms with E-state index in [2.05, 4.69) is 5.32 Å². The van der Waals surface area contributed by atoms with Gasteiger partial charge in [-0.3, -0.25) is 9.36 Å². The van der Waals surface area contributed by atoms with E-state index in [0.717, 1.165) is 30.3 Å². The summed E-state index contributed by atoms with van der Waals surface area (Å²) in [4.78, 5) is 23.7. The van der Waals surface area contributed by atoms with Crippen LogP contribution in [-0.2, 0) is 20.6 Å². The standard InChI is InChI=1S/C14H23N3O3/c1-16-9-11(12(19)17(2)13(16)20)8-15-14(10-18)6-4-3-5-7-14/h9,15,18H,3-8,10H2,1-2H3. The zero-order valence-corrected chi connectivity index (χ0v) is 12.2. The van der Waals surface area contributed by atoms with E-state index < -0.39 is 0 Å². The maximum absolute atomic E-state index is 12.1. The monoisotopic (exact) mass is 281 g/mol. The van der Waals surface area contributed by atoms with E-state index in [9.17, 15) is 14.7 Å². The predicted molar refractivity (Wildman–Crippen MR) is 76.7 cm³/mol. The molecule has 0 radical (unpaired) electrons. The van der Waals surface area contributed by atoms with Crippen LogP contribution in [0.25, 0.3) is 0 Å². The summed E-state index contributed by atoms with van der Waals surface area (Å²) in [5.74, 6) is 0. The summed E-state index contributed by atoms with van der Waals surface area (Å²) >= 11 is 0. The minimum Gasteiger partial charge on any atom is -0.394 e. The van der Waals surface area contributed by atoms with Crippen molar-refractivity contribution in [3.8, 4) is 0 Å². The highest BCUT2D eigenvalue weighted by atomic mass is 16.3. The molecule has 2 N–H and O–H groups in total. The molecule has 0 unspecified atom stereocenters. The van der Waals surface area contributed by atoms with Crippen LogP contribution in [0.1, 0.15) is 37.7 Å². The molecule has 1 aliphatic carbocycles. The average molecular weight is 281 g/mol. The van der Waals surface area contributed by atoms with Crippen molar-refractivity contribution in [3.05, 3.63) is 32.6 Å². The van der Waals surface area contributed by atoms with Gasteiger partial charge in [-0.05, 0) is 12.8 Å². The Morgan fingerprint density at radius 2 is 1.90 bits per heavy atom. The van der Waals surface area contributed by atoms with Crippen LogP contribution in [0, 0.1) is 0 Å². The number of aromatic nitrogens is 2. The fraction of sp³-hybridized carbons (Fsp3) is 0.714. The van der Waals surface area contributed by atoms with E-state index in [-0.39, 0.29) is 23.4 Å². The first kappa shape index (κ1) is 15.0. The van der Waals surface area contributed by atoms with E-state index in [1.165, 1.54) is 18.0 Å². The number of hydrogen-bond acceptors (Lipinski definition) is 4. The lowest BCUT2D eigenvalue weighted by atomic mass is 9.82. The molecular weight excluding hydrogens is 258 g/mol. The van der Waals surface area contributed by atoms with E-state index in [1.807, 2.05) is 0 Å². The van der Waals surface area contributed by atoms with E-state index >= 15 is 0 Å². The van der Waals surface area contributed by atoms with Crippen LogP contribution in [0.5, 0.6) is 0 Å². The number of aliphatic hydroxyl groups is 1. The minimum atomic E-state index is -0.326. The van der Waals surface area contributed by atoms with E-state index in [1.54, 1.807) is 13.2 Å². The lowest BCUT2D eigenvalue weighted by molar-refractivity contribution is 0.119. The second-order valence-electron chi connectivity index (χ2n) is 5.76. The number of nitrogens with one attached hydrogen (secondary N) is 1. The first-order chi connectivity index (χ1) is 9.49. The molecule has 0 aliphatic heterocycles. The third-order valence-electron chi connectivity index (χ3n) is 4.28. The van der Waals surface area contributed by atoms with Crippen LogP contribution in [0.2, 0.25) is 0 Å². The van der Waals surface area contributed by atoms with Gasteiger partial charge < -0.3 is 15.0 Å². The number of rotatable bonds is 4. The largest absolute Gasteiger partial charge is 0.394 e. The van der Waals surface area contributed by atoms with Gasteiger partial charge in [-0.25, -0.2) is 4.79 Å². The van der Waals surface area contributed by atoms with Gasteiger partial charge in [-0.1, -0.05) is 19.3 Å². The van der Waals surface area contributed by atoms with Crippen molar-refractivity contribution >= 4 is 0 Å². The maximum Gasteiger partial charge on any atom is 0.330 e. The molecule has 20 heavy (non-hydrogen) atoms. The fourth-order valence-electron chi connectivity index (χ4n) is 2.91. The molecule has 1 aliphatic rings. The molecule has 1 saturated carbocycles. The van der Waals surface area contributed by atoms with Crippen LogP contribution < -0.4 is 16.6 Å². The van der Waals surface area contributed by atoms with Crippen molar-refractivity contribution < 1.29 is 5.11 Å². The number of aliphatic hydroxyl groups excluding tert-OH is 1. The molecule has 1 heterocycles. The summed E-state index contributed by atoms with van der Waals surface area (Å²) in [6, 6.07) is 0. The summed E-state index contributed by atoms with van der Waals surface area (Å²) in [5.41, 5.74) is -0.330. The summed E-state index contributed by atoms with van der Waals surface area (Å²) < 4.78 is 2.52. The van der Waals surface area contributed by atoms with Gasteiger partial charge in [0, 0.05) is 37.9 Å². The van der Waals surface area contributed by atoms with Gasteiger partial charge in [0.05, 0.1) is 6.61 Å². The van der Waals surface area contributed by atoms with Gasteiger partial charge >= 0.3 is 5.69 Å². The highest BCUT2D eigenvalue weighted by molar-refractivity contribution is 5.06. The molecule has 1 fully saturated rings. The second kappa shape index (κ2) is 5.93. The van der Waals surface area contributed by atoms with Gasteiger partial charge in [0.15, 0.2) is 0 Å². The molecule has 6 nitrogen and oxygen atoms in total. The van der Waals surface area contributed by atoms with Crippen molar-refractivity contribution in [2.24, 2.45) is 14.1 Å². The minimum absolute atomic E-state index is 0.0824. The van der Waals surface area contributed by atoms with E-state index in [0.29, 0.717) is 12.1 Å². The Labute approximate surface area is 118 Å². The summed E-state index contributed by atoms with van der Waals surface area (Å²) in [7, 11) is 3.12. The van der Waals surface area contributed by atoms with Crippen LogP contribution in [0.3, 0.4) is 0 Å². The zero-order chi connectivity index (χ0) is 14.8. The van der Waals surface area contributed by atoms with Crippen LogP contribution in [0.4, 0.5) is 0 Å². The van der Waals surface area contributed by atoms with Crippen molar-refractivity contribution in [2.45, 2.75) is 44.2 Å². The van der Waals surface area contributed by atoms with Crippen molar-refractivity contribution in [1.82, 2.24) is 14.5 Å².